The third kappa shape index (κ3) is 5.25. The van der Waals surface area contributed by atoms with Crippen LogP contribution in [0.1, 0.15) is 62.5 Å². The zero-order valence-electron chi connectivity index (χ0n) is 19.6. The van der Waals surface area contributed by atoms with Crippen LogP contribution in [-0.2, 0) is 4.74 Å². The molecule has 1 N–H and O–H groups in total. The Hall–Kier alpha value is -3.60. The van der Waals surface area contributed by atoms with E-state index in [0.717, 1.165) is 16.7 Å². The predicted molar refractivity (Wildman–Crippen MR) is 132 cm³/mol. The van der Waals surface area contributed by atoms with Gasteiger partial charge in [-0.1, -0.05) is 91.0 Å². The van der Waals surface area contributed by atoms with E-state index in [-0.39, 0.29) is 18.1 Å². The smallest absolute Gasteiger partial charge is 0.417 e. The Bertz CT molecular complexity index is 1090. The van der Waals surface area contributed by atoms with Gasteiger partial charge in [-0.05, 0) is 44.4 Å². The summed E-state index contributed by atoms with van der Waals surface area (Å²) in [5.41, 5.74) is 2.54. The fraction of sp³-hybridized carbons (Fsp3) is 0.286. The fourth-order valence-electron chi connectivity index (χ4n) is 4.06. The molecule has 0 aromatic heterocycles. The Morgan fingerprint density at radius 2 is 1.39 bits per heavy atom. The lowest BCUT2D eigenvalue weighted by Crippen LogP contribution is -2.46. The second kappa shape index (κ2) is 9.49. The van der Waals surface area contributed by atoms with Gasteiger partial charge in [-0.15, -0.1) is 0 Å². The summed E-state index contributed by atoms with van der Waals surface area (Å²) < 4.78 is 5.84. The lowest BCUT2D eigenvalue weighted by molar-refractivity contribution is 0.0309. The SMILES string of the molecule is C[C@@H](NC1=N[C@@H](c2ccccc2)[C@H](c2ccccc2)N1C(=O)OC(C)(C)C)c1ccccc1. The van der Waals surface area contributed by atoms with Crippen molar-refractivity contribution in [3.05, 3.63) is 108 Å². The van der Waals surface area contributed by atoms with Gasteiger partial charge in [-0.2, -0.15) is 0 Å². The van der Waals surface area contributed by atoms with Crippen LogP contribution in [0.2, 0.25) is 0 Å². The van der Waals surface area contributed by atoms with Gasteiger partial charge in [-0.3, -0.25) is 0 Å². The predicted octanol–water partition coefficient (Wildman–Crippen LogP) is 6.43. The monoisotopic (exact) mass is 441 g/mol. The van der Waals surface area contributed by atoms with Crippen LogP contribution in [0.15, 0.2) is 96.0 Å². The van der Waals surface area contributed by atoms with Gasteiger partial charge in [-0.25, -0.2) is 14.7 Å². The average Bonchev–Trinajstić information content (AvgIpc) is 3.19. The molecule has 0 aliphatic carbocycles. The number of nitrogens with zero attached hydrogens (tertiary/aromatic N) is 2. The minimum atomic E-state index is -0.626. The maximum absolute atomic E-state index is 13.5. The minimum absolute atomic E-state index is 0.0409. The van der Waals surface area contributed by atoms with Gasteiger partial charge in [0.2, 0.25) is 5.96 Å². The minimum Gasteiger partial charge on any atom is -0.443 e. The second-order valence-corrected chi connectivity index (χ2v) is 9.29. The van der Waals surface area contributed by atoms with Crippen LogP contribution in [0.25, 0.3) is 0 Å². The second-order valence-electron chi connectivity index (χ2n) is 9.29. The molecule has 4 rings (SSSR count). The molecule has 1 heterocycles. The molecular formula is C28H31N3O2. The van der Waals surface area contributed by atoms with E-state index in [0.29, 0.717) is 5.96 Å². The number of carbonyl (C=O) groups is 1. The molecule has 0 saturated carbocycles. The summed E-state index contributed by atoms with van der Waals surface area (Å²) in [5, 5.41) is 3.49. The quantitative estimate of drug-likeness (QED) is 0.508. The molecule has 170 valence electrons. The lowest BCUT2D eigenvalue weighted by Gasteiger charge is -2.32. The van der Waals surface area contributed by atoms with E-state index in [1.54, 1.807) is 4.90 Å². The van der Waals surface area contributed by atoms with Crippen molar-refractivity contribution >= 4 is 12.1 Å². The van der Waals surface area contributed by atoms with Crippen molar-refractivity contribution in [2.75, 3.05) is 0 Å². The lowest BCUT2D eigenvalue weighted by atomic mass is 9.94. The van der Waals surface area contributed by atoms with E-state index in [2.05, 4.69) is 36.5 Å². The first-order valence-corrected chi connectivity index (χ1v) is 11.3. The Kier molecular flexibility index (Phi) is 6.50. The number of carbonyl (C=O) groups excluding carboxylic acids is 1. The molecule has 0 saturated heterocycles. The van der Waals surface area contributed by atoms with Gasteiger partial charge >= 0.3 is 6.09 Å². The number of guanidine groups is 1. The summed E-state index contributed by atoms with van der Waals surface area (Å²) in [7, 11) is 0. The van der Waals surface area contributed by atoms with Crippen molar-refractivity contribution in [2.24, 2.45) is 4.99 Å². The Labute approximate surface area is 196 Å². The van der Waals surface area contributed by atoms with Crippen LogP contribution in [0.4, 0.5) is 4.79 Å². The van der Waals surface area contributed by atoms with Crippen molar-refractivity contribution < 1.29 is 9.53 Å². The summed E-state index contributed by atoms with van der Waals surface area (Å²) in [5.74, 6) is 0.517. The number of hydrogen-bond donors (Lipinski definition) is 1. The molecule has 3 aromatic carbocycles. The molecular weight excluding hydrogens is 410 g/mol. The highest BCUT2D eigenvalue weighted by Crippen LogP contribution is 2.42. The summed E-state index contributed by atoms with van der Waals surface area (Å²) in [6.45, 7) is 7.70. The topological polar surface area (TPSA) is 53.9 Å². The maximum atomic E-state index is 13.5. The largest absolute Gasteiger partial charge is 0.443 e. The van der Waals surface area contributed by atoms with Crippen molar-refractivity contribution in [2.45, 2.75) is 51.4 Å². The fourth-order valence-corrected chi connectivity index (χ4v) is 4.06. The third-order valence-corrected chi connectivity index (χ3v) is 5.58. The molecule has 1 aliphatic rings. The highest BCUT2D eigenvalue weighted by Gasteiger charge is 2.44. The molecule has 3 aromatic rings. The number of rotatable bonds is 4. The molecule has 1 aliphatic heterocycles. The first kappa shape index (κ1) is 22.6. The van der Waals surface area contributed by atoms with Gasteiger partial charge in [0, 0.05) is 0 Å². The molecule has 5 heteroatoms. The zero-order chi connectivity index (χ0) is 23.4. The summed E-state index contributed by atoms with van der Waals surface area (Å²) in [6.07, 6.45) is -0.415. The highest BCUT2D eigenvalue weighted by atomic mass is 16.6. The normalized spacial score (nSPS) is 19.0. The standard InChI is InChI=1S/C28H31N3O2/c1-20(21-14-8-5-9-15-21)29-26-30-24(22-16-10-6-11-17-22)25(23-18-12-7-13-19-23)31(26)27(32)33-28(2,3)4/h5-20,24-25H,1-4H3,(H,29,30)/t20-,24+,25+/m1/s1. The Morgan fingerprint density at radius 1 is 0.879 bits per heavy atom. The molecule has 3 atom stereocenters. The maximum Gasteiger partial charge on any atom is 0.417 e. The van der Waals surface area contributed by atoms with Crippen molar-refractivity contribution in [1.82, 2.24) is 10.2 Å². The number of hydrogen-bond acceptors (Lipinski definition) is 4. The van der Waals surface area contributed by atoms with Crippen LogP contribution < -0.4 is 5.32 Å². The van der Waals surface area contributed by atoms with Gasteiger partial charge in [0.25, 0.3) is 0 Å². The van der Waals surface area contributed by atoms with Crippen molar-refractivity contribution in [3.63, 3.8) is 0 Å². The molecule has 33 heavy (non-hydrogen) atoms. The molecule has 0 radical (unpaired) electrons. The summed E-state index contributed by atoms with van der Waals surface area (Å²) in [6, 6.07) is 29.7. The zero-order valence-corrected chi connectivity index (χ0v) is 19.6. The Morgan fingerprint density at radius 3 is 1.94 bits per heavy atom. The number of benzene rings is 3. The molecule has 0 unspecified atom stereocenters. The van der Waals surface area contributed by atoms with E-state index in [1.807, 2.05) is 87.5 Å². The van der Waals surface area contributed by atoms with Crippen molar-refractivity contribution in [3.8, 4) is 0 Å². The van der Waals surface area contributed by atoms with Crippen LogP contribution in [0.5, 0.6) is 0 Å². The Balaban J connectivity index is 1.77. The molecule has 0 bridgehead atoms. The van der Waals surface area contributed by atoms with E-state index in [1.165, 1.54) is 0 Å². The summed E-state index contributed by atoms with van der Waals surface area (Å²) >= 11 is 0. The molecule has 0 fully saturated rings. The first-order valence-electron chi connectivity index (χ1n) is 11.3. The van der Waals surface area contributed by atoms with E-state index in [9.17, 15) is 4.79 Å². The van der Waals surface area contributed by atoms with Crippen LogP contribution in [0, 0.1) is 0 Å². The molecule has 0 spiro atoms. The van der Waals surface area contributed by atoms with E-state index >= 15 is 0 Å². The number of amides is 1. The number of nitrogens with one attached hydrogen (secondary N) is 1. The third-order valence-electron chi connectivity index (χ3n) is 5.58. The molecule has 1 amide bonds. The van der Waals surface area contributed by atoms with E-state index < -0.39 is 11.7 Å². The van der Waals surface area contributed by atoms with Crippen LogP contribution >= 0.6 is 0 Å². The summed E-state index contributed by atoms with van der Waals surface area (Å²) in [4.78, 5) is 20.3. The van der Waals surface area contributed by atoms with E-state index in [4.69, 9.17) is 9.73 Å². The molecule has 5 nitrogen and oxygen atoms in total. The number of ether oxygens (including phenoxy) is 1. The number of aliphatic imine (C=N–C) groups is 1. The van der Waals surface area contributed by atoms with Crippen molar-refractivity contribution in [1.29, 1.82) is 0 Å². The van der Waals surface area contributed by atoms with Crippen LogP contribution in [0.3, 0.4) is 0 Å². The first-order chi connectivity index (χ1) is 15.8. The van der Waals surface area contributed by atoms with Gasteiger partial charge < -0.3 is 10.1 Å². The average molecular weight is 442 g/mol. The highest BCUT2D eigenvalue weighted by molar-refractivity contribution is 5.96. The van der Waals surface area contributed by atoms with Gasteiger partial charge in [0.05, 0.1) is 12.1 Å². The van der Waals surface area contributed by atoms with Crippen LogP contribution in [-0.4, -0.2) is 22.6 Å². The van der Waals surface area contributed by atoms with Gasteiger partial charge in [0.1, 0.15) is 11.6 Å². The van der Waals surface area contributed by atoms with Gasteiger partial charge in [0.15, 0.2) is 0 Å².